The Kier molecular flexibility index (Phi) is 3.06. The van der Waals surface area contributed by atoms with Crippen molar-refractivity contribution >= 4 is 0 Å². The molecule has 0 aromatic heterocycles. The third kappa shape index (κ3) is 3.30. The highest BCUT2D eigenvalue weighted by Crippen LogP contribution is 2.48. The first-order valence-corrected chi connectivity index (χ1v) is 5.62. The summed E-state index contributed by atoms with van der Waals surface area (Å²) in [5.74, 6) is 0.991. The van der Waals surface area contributed by atoms with Crippen LogP contribution >= 0.6 is 0 Å². The highest BCUT2D eigenvalue weighted by atomic mass is 14.9. The van der Waals surface area contributed by atoms with Crippen LogP contribution in [-0.2, 0) is 0 Å². The van der Waals surface area contributed by atoms with E-state index in [1.807, 2.05) is 0 Å². The normalized spacial score (nSPS) is 19.2. The molecule has 0 aliphatic heterocycles. The van der Waals surface area contributed by atoms with Crippen LogP contribution in [0.3, 0.4) is 0 Å². The maximum atomic E-state index is 3.56. The van der Waals surface area contributed by atoms with Gasteiger partial charge in [-0.1, -0.05) is 20.8 Å². The molecule has 0 bridgehead atoms. The lowest BCUT2D eigenvalue weighted by Crippen LogP contribution is -2.43. The summed E-state index contributed by atoms with van der Waals surface area (Å²) in [6, 6.07) is 0. The van der Waals surface area contributed by atoms with Crippen LogP contribution < -0.4 is 5.32 Å². The van der Waals surface area contributed by atoms with Crippen molar-refractivity contribution in [1.29, 1.82) is 0 Å². The molecular weight excluding hydrogens is 158 g/mol. The van der Waals surface area contributed by atoms with Crippen LogP contribution in [0.4, 0.5) is 0 Å². The average Bonchev–Trinajstić information content (AvgIpc) is 2.62. The van der Waals surface area contributed by atoms with Gasteiger partial charge in [-0.15, -0.1) is 0 Å². The molecule has 13 heavy (non-hydrogen) atoms. The fourth-order valence-electron chi connectivity index (χ4n) is 2.69. The van der Waals surface area contributed by atoms with E-state index in [1.165, 1.54) is 19.3 Å². The minimum atomic E-state index is 0.306. The van der Waals surface area contributed by atoms with Crippen LogP contribution in [0.2, 0.25) is 0 Å². The quantitative estimate of drug-likeness (QED) is 0.690. The predicted octanol–water partition coefficient (Wildman–Crippen LogP) is 3.20. The Bertz CT molecular complexity index is 166. The highest BCUT2D eigenvalue weighted by Gasteiger charge is 2.40. The zero-order chi connectivity index (χ0) is 10.1. The zero-order valence-electron chi connectivity index (χ0n) is 9.91. The molecule has 1 saturated carbocycles. The van der Waals surface area contributed by atoms with Gasteiger partial charge in [0.25, 0.3) is 0 Å². The smallest absolute Gasteiger partial charge is 0.0130 e. The van der Waals surface area contributed by atoms with Gasteiger partial charge >= 0.3 is 0 Å². The van der Waals surface area contributed by atoms with E-state index < -0.39 is 0 Å². The summed E-state index contributed by atoms with van der Waals surface area (Å²) in [6.07, 6.45) is 4.20. The average molecular weight is 183 g/mol. The first-order chi connectivity index (χ1) is 5.87. The lowest BCUT2D eigenvalue weighted by Gasteiger charge is -2.36. The molecule has 1 aliphatic rings. The molecule has 0 aromatic carbocycles. The Hall–Kier alpha value is -0.0400. The van der Waals surface area contributed by atoms with E-state index >= 15 is 0 Å². The summed E-state index contributed by atoms with van der Waals surface area (Å²) in [6.45, 7) is 12.7. The second-order valence-electron chi connectivity index (χ2n) is 5.85. The second kappa shape index (κ2) is 3.61. The molecule has 0 saturated heterocycles. The van der Waals surface area contributed by atoms with Gasteiger partial charge in [-0.2, -0.15) is 0 Å². The zero-order valence-corrected chi connectivity index (χ0v) is 9.91. The van der Waals surface area contributed by atoms with Gasteiger partial charge in [-0.25, -0.2) is 0 Å². The van der Waals surface area contributed by atoms with Crippen LogP contribution in [0, 0.1) is 11.3 Å². The molecule has 1 fully saturated rings. The highest BCUT2D eigenvalue weighted by molar-refractivity contribution is 4.93. The van der Waals surface area contributed by atoms with Gasteiger partial charge in [-0.05, 0) is 51.0 Å². The van der Waals surface area contributed by atoms with Crippen LogP contribution in [-0.4, -0.2) is 12.1 Å². The Morgan fingerprint density at radius 2 is 1.69 bits per heavy atom. The summed E-state index contributed by atoms with van der Waals surface area (Å²) in [4.78, 5) is 0. The van der Waals surface area contributed by atoms with E-state index in [9.17, 15) is 0 Å². The standard InChI is InChI=1S/C12H25N/c1-6-13-12(4,5)9-11(2,3)10-7-8-10/h10,13H,6-9H2,1-5H3. The van der Waals surface area contributed by atoms with Crippen LogP contribution in [0.5, 0.6) is 0 Å². The molecule has 78 valence electrons. The second-order valence-corrected chi connectivity index (χ2v) is 5.85. The largest absolute Gasteiger partial charge is 0.312 e. The van der Waals surface area contributed by atoms with Crippen LogP contribution in [0.1, 0.15) is 53.9 Å². The third-order valence-corrected chi connectivity index (χ3v) is 3.24. The summed E-state index contributed by atoms with van der Waals surface area (Å²) in [5.41, 5.74) is 0.840. The van der Waals surface area contributed by atoms with Gasteiger partial charge in [0.1, 0.15) is 0 Å². The molecule has 0 radical (unpaired) electrons. The minimum Gasteiger partial charge on any atom is -0.312 e. The van der Waals surface area contributed by atoms with E-state index in [0.717, 1.165) is 12.5 Å². The van der Waals surface area contributed by atoms with Gasteiger partial charge < -0.3 is 5.32 Å². The van der Waals surface area contributed by atoms with Gasteiger partial charge in [-0.3, -0.25) is 0 Å². The van der Waals surface area contributed by atoms with E-state index in [1.54, 1.807) is 0 Å². The molecule has 0 heterocycles. The summed E-state index contributed by atoms with van der Waals surface area (Å²) in [7, 11) is 0. The molecule has 1 N–H and O–H groups in total. The molecular formula is C12H25N. The van der Waals surface area contributed by atoms with Crippen molar-refractivity contribution in [2.75, 3.05) is 6.54 Å². The molecule has 1 aliphatic carbocycles. The van der Waals surface area contributed by atoms with E-state index in [-0.39, 0.29) is 0 Å². The Morgan fingerprint density at radius 3 is 2.08 bits per heavy atom. The maximum Gasteiger partial charge on any atom is 0.0130 e. The molecule has 0 atom stereocenters. The van der Waals surface area contributed by atoms with Crippen molar-refractivity contribution in [3.05, 3.63) is 0 Å². The van der Waals surface area contributed by atoms with Crippen molar-refractivity contribution in [3.63, 3.8) is 0 Å². The van der Waals surface area contributed by atoms with Crippen LogP contribution in [0.15, 0.2) is 0 Å². The molecule has 0 unspecified atom stereocenters. The lowest BCUT2D eigenvalue weighted by atomic mass is 9.76. The number of nitrogens with one attached hydrogen (secondary N) is 1. The van der Waals surface area contributed by atoms with Crippen molar-refractivity contribution < 1.29 is 0 Å². The van der Waals surface area contributed by atoms with Crippen molar-refractivity contribution in [3.8, 4) is 0 Å². The topological polar surface area (TPSA) is 12.0 Å². The van der Waals surface area contributed by atoms with E-state index in [2.05, 4.69) is 39.9 Å². The fourth-order valence-corrected chi connectivity index (χ4v) is 2.69. The Morgan fingerprint density at radius 1 is 1.15 bits per heavy atom. The van der Waals surface area contributed by atoms with Gasteiger partial charge in [0.2, 0.25) is 0 Å². The van der Waals surface area contributed by atoms with E-state index in [0.29, 0.717) is 11.0 Å². The maximum absolute atomic E-state index is 3.56. The first kappa shape index (κ1) is 11.0. The fraction of sp³-hybridized carbons (Fsp3) is 1.00. The van der Waals surface area contributed by atoms with Gasteiger partial charge in [0, 0.05) is 5.54 Å². The molecule has 1 heteroatoms. The minimum absolute atomic E-state index is 0.306. The number of hydrogen-bond donors (Lipinski definition) is 1. The van der Waals surface area contributed by atoms with Crippen molar-refractivity contribution in [2.45, 2.75) is 59.4 Å². The van der Waals surface area contributed by atoms with Crippen molar-refractivity contribution in [2.24, 2.45) is 11.3 Å². The number of hydrogen-bond acceptors (Lipinski definition) is 1. The molecule has 0 aromatic rings. The Balaban J connectivity index is 2.44. The summed E-state index contributed by atoms with van der Waals surface area (Å²) in [5, 5.41) is 3.56. The molecule has 1 rings (SSSR count). The molecule has 0 spiro atoms. The van der Waals surface area contributed by atoms with Crippen molar-refractivity contribution in [1.82, 2.24) is 5.32 Å². The van der Waals surface area contributed by atoms with Gasteiger partial charge in [0.15, 0.2) is 0 Å². The first-order valence-electron chi connectivity index (χ1n) is 5.62. The van der Waals surface area contributed by atoms with Gasteiger partial charge in [0.05, 0.1) is 0 Å². The Labute approximate surface area is 83.3 Å². The lowest BCUT2D eigenvalue weighted by molar-refractivity contribution is 0.196. The monoisotopic (exact) mass is 183 g/mol. The van der Waals surface area contributed by atoms with Crippen LogP contribution in [0.25, 0.3) is 0 Å². The number of rotatable bonds is 5. The molecule has 1 nitrogen and oxygen atoms in total. The summed E-state index contributed by atoms with van der Waals surface area (Å²) < 4.78 is 0. The summed E-state index contributed by atoms with van der Waals surface area (Å²) >= 11 is 0. The van der Waals surface area contributed by atoms with E-state index in [4.69, 9.17) is 0 Å². The third-order valence-electron chi connectivity index (χ3n) is 3.24. The SMILES string of the molecule is CCNC(C)(C)CC(C)(C)C1CC1. The predicted molar refractivity (Wildman–Crippen MR) is 58.9 cm³/mol. The molecule has 0 amide bonds.